The fourth-order valence-electron chi connectivity index (χ4n) is 2.73. The molecule has 1 aliphatic rings. The summed E-state index contributed by atoms with van der Waals surface area (Å²) in [4.78, 5) is 25.3. The molecule has 1 aliphatic heterocycles. The lowest BCUT2D eigenvalue weighted by Gasteiger charge is -2.35. The lowest BCUT2D eigenvalue weighted by atomic mass is 10.1. The maximum atomic E-state index is 12.8. The Morgan fingerprint density at radius 3 is 2.64 bits per heavy atom. The van der Waals surface area contributed by atoms with Crippen molar-refractivity contribution in [3.05, 3.63) is 28.2 Å². The summed E-state index contributed by atoms with van der Waals surface area (Å²) < 4.78 is 11.0. The number of benzene rings is 1. The first-order chi connectivity index (χ1) is 11.9. The zero-order chi connectivity index (χ0) is 18.4. The molecule has 1 heterocycles. The van der Waals surface area contributed by atoms with Crippen LogP contribution in [0.5, 0.6) is 5.75 Å². The summed E-state index contributed by atoms with van der Waals surface area (Å²) in [7, 11) is 0. The van der Waals surface area contributed by atoms with Crippen LogP contribution in [0, 0.1) is 0 Å². The van der Waals surface area contributed by atoms with E-state index in [9.17, 15) is 9.59 Å². The SMILES string of the molecule is C[C@@H](Oc1ccc(Cl)cc1Cl)C(=O)N(CCC(=O)O)C1CCOCC1. The van der Waals surface area contributed by atoms with Gasteiger partial charge in [0, 0.05) is 30.8 Å². The van der Waals surface area contributed by atoms with Crippen LogP contribution in [0.3, 0.4) is 0 Å². The van der Waals surface area contributed by atoms with Crippen LogP contribution in [0.4, 0.5) is 0 Å². The molecule has 6 nitrogen and oxygen atoms in total. The quantitative estimate of drug-likeness (QED) is 0.774. The fourth-order valence-corrected chi connectivity index (χ4v) is 3.18. The van der Waals surface area contributed by atoms with Gasteiger partial charge in [-0.2, -0.15) is 0 Å². The molecule has 1 saturated heterocycles. The molecule has 138 valence electrons. The van der Waals surface area contributed by atoms with Gasteiger partial charge < -0.3 is 19.5 Å². The Kier molecular flexibility index (Phi) is 7.35. The fraction of sp³-hybridized carbons (Fsp3) is 0.529. The lowest BCUT2D eigenvalue weighted by molar-refractivity contribution is -0.144. The molecule has 1 aromatic carbocycles. The van der Waals surface area contributed by atoms with Gasteiger partial charge in [0.05, 0.1) is 11.4 Å². The van der Waals surface area contributed by atoms with Gasteiger partial charge in [-0.3, -0.25) is 9.59 Å². The van der Waals surface area contributed by atoms with Gasteiger partial charge in [0.25, 0.3) is 5.91 Å². The maximum Gasteiger partial charge on any atom is 0.305 e. The van der Waals surface area contributed by atoms with E-state index in [0.29, 0.717) is 41.9 Å². The van der Waals surface area contributed by atoms with Gasteiger partial charge in [0.2, 0.25) is 0 Å². The highest BCUT2D eigenvalue weighted by molar-refractivity contribution is 6.35. The topological polar surface area (TPSA) is 76.1 Å². The van der Waals surface area contributed by atoms with Crippen molar-refractivity contribution >= 4 is 35.1 Å². The number of rotatable bonds is 7. The van der Waals surface area contributed by atoms with Crippen LogP contribution in [0.25, 0.3) is 0 Å². The Bertz CT molecular complexity index is 619. The van der Waals surface area contributed by atoms with Gasteiger partial charge >= 0.3 is 5.97 Å². The van der Waals surface area contributed by atoms with Crippen LogP contribution in [-0.4, -0.2) is 53.8 Å². The van der Waals surface area contributed by atoms with E-state index < -0.39 is 12.1 Å². The molecule has 0 aliphatic carbocycles. The molecule has 1 fully saturated rings. The first-order valence-electron chi connectivity index (χ1n) is 8.10. The number of carbonyl (C=O) groups excluding carboxylic acids is 1. The van der Waals surface area contributed by atoms with Crippen molar-refractivity contribution in [3.8, 4) is 5.75 Å². The highest BCUT2D eigenvalue weighted by Crippen LogP contribution is 2.29. The molecule has 1 amide bonds. The maximum absolute atomic E-state index is 12.8. The van der Waals surface area contributed by atoms with Crippen LogP contribution in [0.1, 0.15) is 26.2 Å². The second kappa shape index (κ2) is 9.27. The van der Waals surface area contributed by atoms with E-state index in [1.165, 1.54) is 6.07 Å². The second-order valence-corrected chi connectivity index (χ2v) is 6.70. The van der Waals surface area contributed by atoms with Crippen molar-refractivity contribution < 1.29 is 24.2 Å². The molecule has 1 atom stereocenters. The molecule has 0 unspecified atom stereocenters. The molecular weight excluding hydrogens is 369 g/mol. The Balaban J connectivity index is 2.08. The summed E-state index contributed by atoms with van der Waals surface area (Å²) in [5.74, 6) is -0.851. The van der Waals surface area contributed by atoms with Crippen LogP contribution < -0.4 is 4.74 Å². The minimum atomic E-state index is -0.945. The number of carboxylic acids is 1. The van der Waals surface area contributed by atoms with E-state index in [1.54, 1.807) is 24.0 Å². The number of hydrogen-bond acceptors (Lipinski definition) is 4. The molecule has 8 heteroatoms. The van der Waals surface area contributed by atoms with E-state index in [2.05, 4.69) is 0 Å². The zero-order valence-electron chi connectivity index (χ0n) is 13.9. The first-order valence-corrected chi connectivity index (χ1v) is 8.86. The minimum absolute atomic E-state index is 0.0488. The third-order valence-electron chi connectivity index (χ3n) is 4.03. The van der Waals surface area contributed by atoms with Crippen molar-refractivity contribution in [2.24, 2.45) is 0 Å². The standard InChI is InChI=1S/C17H21Cl2NO5/c1-11(25-15-3-2-12(18)10-14(15)19)17(23)20(7-4-16(21)22)13-5-8-24-9-6-13/h2-3,10-11,13H,4-9H2,1H3,(H,21,22)/t11-/m1/s1. The zero-order valence-corrected chi connectivity index (χ0v) is 15.4. The number of hydrogen-bond donors (Lipinski definition) is 1. The van der Waals surface area contributed by atoms with Gasteiger partial charge in [-0.25, -0.2) is 0 Å². The molecule has 0 spiro atoms. The monoisotopic (exact) mass is 389 g/mol. The van der Waals surface area contributed by atoms with Crippen molar-refractivity contribution in [1.82, 2.24) is 4.90 Å². The molecule has 1 N–H and O–H groups in total. The second-order valence-electron chi connectivity index (χ2n) is 5.85. The number of carboxylic acid groups (broad SMARTS) is 1. The van der Waals surface area contributed by atoms with E-state index in [1.807, 2.05) is 0 Å². The Morgan fingerprint density at radius 1 is 1.36 bits per heavy atom. The Hall–Kier alpha value is -1.50. The van der Waals surface area contributed by atoms with Gasteiger partial charge in [0.1, 0.15) is 5.75 Å². The predicted molar refractivity (Wildman–Crippen MR) is 94.4 cm³/mol. The van der Waals surface area contributed by atoms with Gasteiger partial charge in [0.15, 0.2) is 6.10 Å². The molecule has 2 rings (SSSR count). The molecule has 0 bridgehead atoms. The third kappa shape index (κ3) is 5.76. The summed E-state index contributed by atoms with van der Waals surface area (Å²) in [6.07, 6.45) is 0.451. The summed E-state index contributed by atoms with van der Waals surface area (Å²) >= 11 is 11.9. The van der Waals surface area contributed by atoms with Gasteiger partial charge in [-0.15, -0.1) is 0 Å². The van der Waals surface area contributed by atoms with E-state index >= 15 is 0 Å². The van der Waals surface area contributed by atoms with Crippen molar-refractivity contribution in [3.63, 3.8) is 0 Å². The minimum Gasteiger partial charge on any atom is -0.481 e. The van der Waals surface area contributed by atoms with Crippen LogP contribution in [0.15, 0.2) is 18.2 Å². The lowest BCUT2D eigenvalue weighted by Crippen LogP contribution is -2.49. The van der Waals surface area contributed by atoms with Crippen LogP contribution in [0.2, 0.25) is 10.0 Å². The molecule has 0 radical (unpaired) electrons. The average Bonchev–Trinajstić information content (AvgIpc) is 2.58. The predicted octanol–water partition coefficient (Wildman–Crippen LogP) is 3.24. The highest BCUT2D eigenvalue weighted by Gasteiger charge is 2.30. The Morgan fingerprint density at radius 2 is 2.04 bits per heavy atom. The summed E-state index contributed by atoms with van der Waals surface area (Å²) in [6, 6.07) is 4.72. The highest BCUT2D eigenvalue weighted by atomic mass is 35.5. The van der Waals surface area contributed by atoms with Gasteiger partial charge in [-0.05, 0) is 38.0 Å². The van der Waals surface area contributed by atoms with E-state index in [-0.39, 0.29) is 24.9 Å². The first kappa shape index (κ1) is 19.8. The number of nitrogens with zero attached hydrogens (tertiary/aromatic N) is 1. The summed E-state index contributed by atoms with van der Waals surface area (Å²) in [5.41, 5.74) is 0. The molecular formula is C17H21Cl2NO5. The smallest absolute Gasteiger partial charge is 0.305 e. The van der Waals surface area contributed by atoms with Crippen molar-refractivity contribution in [2.45, 2.75) is 38.3 Å². The molecule has 1 aromatic rings. The number of amides is 1. The normalized spacial score (nSPS) is 16.3. The largest absolute Gasteiger partial charge is 0.481 e. The van der Waals surface area contributed by atoms with E-state index in [4.69, 9.17) is 37.8 Å². The summed E-state index contributed by atoms with van der Waals surface area (Å²) in [5, 5.41) is 9.74. The average molecular weight is 390 g/mol. The molecule has 25 heavy (non-hydrogen) atoms. The number of ether oxygens (including phenoxy) is 2. The number of aliphatic carboxylic acids is 1. The van der Waals surface area contributed by atoms with Gasteiger partial charge in [-0.1, -0.05) is 23.2 Å². The molecule has 0 aromatic heterocycles. The molecule has 0 saturated carbocycles. The summed E-state index contributed by atoms with van der Waals surface area (Å²) in [6.45, 7) is 2.88. The Labute approximate surface area is 156 Å². The van der Waals surface area contributed by atoms with Crippen molar-refractivity contribution in [1.29, 1.82) is 0 Å². The van der Waals surface area contributed by atoms with Crippen LogP contribution >= 0.6 is 23.2 Å². The third-order valence-corrected chi connectivity index (χ3v) is 4.56. The van der Waals surface area contributed by atoms with E-state index in [0.717, 1.165) is 0 Å². The van der Waals surface area contributed by atoms with Crippen LogP contribution in [-0.2, 0) is 14.3 Å². The van der Waals surface area contributed by atoms with Crippen molar-refractivity contribution in [2.75, 3.05) is 19.8 Å². The number of carbonyl (C=O) groups is 2. The number of halogens is 2.